The van der Waals surface area contributed by atoms with E-state index in [1.807, 2.05) is 0 Å². The van der Waals surface area contributed by atoms with Crippen molar-refractivity contribution in [3.63, 3.8) is 0 Å². The van der Waals surface area contributed by atoms with Gasteiger partial charge < -0.3 is 10.6 Å². The number of fused-ring (bicyclic) bond motifs is 2. The molecule has 4 aromatic carbocycles. The summed E-state index contributed by atoms with van der Waals surface area (Å²) in [6, 6.07) is 23.3. The maximum atomic E-state index is 13.2. The van der Waals surface area contributed by atoms with Gasteiger partial charge in [-0.05, 0) is 48.5 Å². The van der Waals surface area contributed by atoms with E-state index in [4.69, 9.17) is 23.2 Å². The third-order valence-corrected chi connectivity index (χ3v) is 7.41. The zero-order chi connectivity index (χ0) is 28.2. The largest absolute Gasteiger partial charge is 0.339 e. The van der Waals surface area contributed by atoms with Gasteiger partial charge in [-0.3, -0.25) is 0 Å². The van der Waals surface area contributed by atoms with Crippen molar-refractivity contribution in [2.75, 3.05) is 10.6 Å². The molecule has 0 saturated heterocycles. The van der Waals surface area contributed by atoms with Crippen molar-refractivity contribution in [2.24, 2.45) is 10.2 Å². The lowest BCUT2D eigenvalue weighted by Gasteiger charge is -2.18. The average molecular weight is 701 g/mol. The van der Waals surface area contributed by atoms with E-state index in [0.717, 1.165) is 8.95 Å². The fourth-order valence-corrected chi connectivity index (χ4v) is 5.17. The number of carbonyl (C=O) groups is 2. The molecule has 0 fully saturated rings. The Labute approximate surface area is 256 Å². The zero-order valence-corrected chi connectivity index (χ0v) is 25.0. The van der Waals surface area contributed by atoms with E-state index in [1.165, 1.54) is 0 Å². The second-order valence-electron chi connectivity index (χ2n) is 8.39. The summed E-state index contributed by atoms with van der Waals surface area (Å²) < 4.78 is 1.44. The molecule has 5 rings (SSSR count). The minimum atomic E-state index is -0.614. The highest BCUT2D eigenvalue weighted by Crippen LogP contribution is 2.29. The minimum Gasteiger partial charge on any atom is -0.306 e. The molecule has 4 N–H and O–H groups in total. The number of anilines is 2. The van der Waals surface area contributed by atoms with Gasteiger partial charge in [0.25, 0.3) is 0 Å². The molecule has 1 aliphatic rings. The van der Waals surface area contributed by atoms with Crippen molar-refractivity contribution < 1.29 is 9.59 Å². The van der Waals surface area contributed by atoms with Crippen LogP contribution in [0.25, 0.3) is 0 Å². The van der Waals surface area contributed by atoms with Gasteiger partial charge in [0.05, 0.1) is 21.4 Å². The summed E-state index contributed by atoms with van der Waals surface area (Å²) in [5, 5.41) is 15.3. The van der Waals surface area contributed by atoms with Gasteiger partial charge in [0.15, 0.2) is 0 Å². The van der Waals surface area contributed by atoms with E-state index >= 15 is 0 Å². The highest BCUT2D eigenvalue weighted by Gasteiger charge is 2.21. The van der Waals surface area contributed by atoms with Crippen molar-refractivity contribution in [3.05, 3.63) is 126 Å². The zero-order valence-electron chi connectivity index (χ0n) is 20.3. The molecule has 4 aromatic rings. The Balaban J connectivity index is 1.69. The van der Waals surface area contributed by atoms with Gasteiger partial charge in [-0.2, -0.15) is 10.2 Å². The summed E-state index contributed by atoms with van der Waals surface area (Å²) in [6.07, 6.45) is 0. The van der Waals surface area contributed by atoms with Gasteiger partial charge >= 0.3 is 12.1 Å². The summed E-state index contributed by atoms with van der Waals surface area (Å²) >= 11 is 20.0. The van der Waals surface area contributed by atoms with Gasteiger partial charge in [0.1, 0.15) is 11.4 Å². The molecule has 1 aliphatic heterocycles. The summed E-state index contributed by atoms with van der Waals surface area (Å²) in [7, 11) is 0. The third-order valence-electron chi connectivity index (χ3n) is 5.77. The Morgan fingerprint density at radius 3 is 1.35 bits per heavy atom. The Kier molecular flexibility index (Phi) is 8.51. The number of hydrogen-bond donors (Lipinski definition) is 4. The van der Waals surface area contributed by atoms with E-state index in [-0.39, 0.29) is 0 Å². The van der Waals surface area contributed by atoms with E-state index < -0.39 is 12.1 Å². The first kappa shape index (κ1) is 27.9. The van der Waals surface area contributed by atoms with Crippen molar-refractivity contribution >= 4 is 89.9 Å². The SMILES string of the molecule is O=C1N/N=C(/c2ccccc2Cl)c2cc(Br)ccc2NC(=O)N/N=C(/c2ccccc2Cl)c2cc(Br)ccc2N1. The lowest BCUT2D eigenvalue weighted by atomic mass is 10.0. The monoisotopic (exact) mass is 698 g/mol. The lowest BCUT2D eigenvalue weighted by molar-refractivity contribution is 0.251. The number of halogens is 4. The number of carbonyl (C=O) groups excluding carboxylic acids is 2. The molecule has 0 unspecified atom stereocenters. The molecule has 0 aliphatic carbocycles. The maximum absolute atomic E-state index is 13.2. The highest BCUT2D eigenvalue weighted by atomic mass is 79.9. The average Bonchev–Trinajstić information content (AvgIpc) is 2.93. The molecule has 0 spiro atoms. The van der Waals surface area contributed by atoms with Crippen LogP contribution in [0.2, 0.25) is 10.0 Å². The molecule has 200 valence electrons. The standard InChI is InChI=1S/C28H18Br2Cl2N6O2/c29-15-9-11-23-19(13-15)25(17-5-1-3-7-21(17)31)35-37-27(39)34-24-12-10-16(30)14-20(24)26(36-38-28(40)33-23)18-6-2-4-8-22(18)32/h1-14H,(H2,34,37,39)(H2,33,38,40)/b35-25-,36-26-. The topological polar surface area (TPSA) is 107 Å². The summed E-state index contributed by atoms with van der Waals surface area (Å²) in [5.41, 5.74) is 8.65. The number of benzene rings is 4. The molecule has 0 bridgehead atoms. The van der Waals surface area contributed by atoms with E-state index in [1.54, 1.807) is 84.9 Å². The van der Waals surface area contributed by atoms with Crippen LogP contribution in [-0.4, -0.2) is 23.5 Å². The van der Waals surface area contributed by atoms with Crippen LogP contribution >= 0.6 is 55.1 Å². The molecular formula is C28H18Br2Cl2N6O2. The van der Waals surface area contributed by atoms with Crippen LogP contribution in [0.5, 0.6) is 0 Å². The van der Waals surface area contributed by atoms with E-state index in [2.05, 4.69) is 63.5 Å². The molecule has 0 aromatic heterocycles. The molecular weight excluding hydrogens is 683 g/mol. The normalized spacial score (nSPS) is 16.3. The van der Waals surface area contributed by atoms with Gasteiger partial charge in [0, 0.05) is 31.2 Å². The van der Waals surface area contributed by atoms with E-state index in [9.17, 15) is 9.59 Å². The Bertz CT molecular complexity index is 1590. The molecule has 4 amide bonds. The number of urea groups is 2. The number of nitrogens with one attached hydrogen (secondary N) is 4. The second-order valence-corrected chi connectivity index (χ2v) is 11.0. The van der Waals surface area contributed by atoms with Crippen LogP contribution in [-0.2, 0) is 0 Å². The number of rotatable bonds is 2. The predicted octanol–water partition coefficient (Wildman–Crippen LogP) is 7.98. The van der Waals surface area contributed by atoms with E-state index in [0.29, 0.717) is 55.1 Å². The molecule has 0 saturated carbocycles. The van der Waals surface area contributed by atoms with Crippen LogP contribution < -0.4 is 21.5 Å². The number of nitrogens with zero attached hydrogens (tertiary/aromatic N) is 2. The summed E-state index contributed by atoms with van der Waals surface area (Å²) in [5.74, 6) is 0. The second kappa shape index (κ2) is 12.2. The summed E-state index contributed by atoms with van der Waals surface area (Å²) in [4.78, 5) is 26.3. The Morgan fingerprint density at radius 2 is 0.950 bits per heavy atom. The fraction of sp³-hybridized carbons (Fsp3) is 0. The quantitative estimate of drug-likeness (QED) is 0.170. The molecule has 12 heteroatoms. The van der Waals surface area contributed by atoms with Gasteiger partial charge in [0.2, 0.25) is 0 Å². The molecule has 0 atom stereocenters. The summed E-state index contributed by atoms with van der Waals surface area (Å²) in [6.45, 7) is 0. The van der Waals surface area contributed by atoms with Crippen LogP contribution in [0.1, 0.15) is 22.3 Å². The first-order chi connectivity index (χ1) is 19.3. The number of hydrogen-bond acceptors (Lipinski definition) is 4. The fourth-order valence-electron chi connectivity index (χ4n) is 3.99. The molecule has 40 heavy (non-hydrogen) atoms. The minimum absolute atomic E-state index is 0.325. The van der Waals surface area contributed by atoms with Crippen molar-refractivity contribution in [3.8, 4) is 0 Å². The smallest absolute Gasteiger partial charge is 0.306 e. The highest BCUT2D eigenvalue weighted by molar-refractivity contribution is 9.10. The van der Waals surface area contributed by atoms with Gasteiger partial charge in [-0.1, -0.05) is 91.5 Å². The van der Waals surface area contributed by atoms with Crippen molar-refractivity contribution in [2.45, 2.75) is 0 Å². The van der Waals surface area contributed by atoms with Crippen LogP contribution in [0.4, 0.5) is 21.0 Å². The predicted molar refractivity (Wildman–Crippen MR) is 167 cm³/mol. The molecule has 0 radical (unpaired) electrons. The van der Waals surface area contributed by atoms with Crippen LogP contribution in [0.3, 0.4) is 0 Å². The van der Waals surface area contributed by atoms with Gasteiger partial charge in [-0.15, -0.1) is 0 Å². The number of hydrazone groups is 2. The molecule has 8 nitrogen and oxygen atoms in total. The van der Waals surface area contributed by atoms with Gasteiger partial charge in [-0.25, -0.2) is 20.4 Å². The number of amides is 4. The third kappa shape index (κ3) is 6.20. The maximum Gasteiger partial charge on any atom is 0.339 e. The first-order valence-corrected chi connectivity index (χ1v) is 14.0. The lowest BCUT2D eigenvalue weighted by Crippen LogP contribution is -2.30. The van der Waals surface area contributed by atoms with Crippen molar-refractivity contribution in [1.82, 2.24) is 10.9 Å². The Morgan fingerprint density at radius 1 is 0.550 bits per heavy atom. The molecule has 1 heterocycles. The van der Waals surface area contributed by atoms with Crippen molar-refractivity contribution in [1.29, 1.82) is 0 Å². The van der Waals surface area contributed by atoms with Crippen LogP contribution in [0.15, 0.2) is 104 Å². The van der Waals surface area contributed by atoms with Crippen LogP contribution in [0, 0.1) is 0 Å². The first-order valence-electron chi connectivity index (χ1n) is 11.7. The Hall–Kier alpha value is -3.70.